The summed E-state index contributed by atoms with van der Waals surface area (Å²) in [6.07, 6.45) is -2.89. The molecular weight excluding hydrogens is 710 g/mol. The van der Waals surface area contributed by atoms with Crippen LogP contribution in [0.2, 0.25) is 0 Å². The van der Waals surface area contributed by atoms with E-state index in [1.54, 1.807) is 92.0 Å². The van der Waals surface area contributed by atoms with Gasteiger partial charge < -0.3 is 45.5 Å². The van der Waals surface area contributed by atoms with Crippen LogP contribution in [0.1, 0.15) is 84.8 Å². The molecule has 4 atom stereocenters. The third-order valence-corrected chi connectivity index (χ3v) is 7.80. The Labute approximate surface area is 324 Å². The molecule has 0 fully saturated rings. The van der Waals surface area contributed by atoms with Gasteiger partial charge in [0.1, 0.15) is 29.9 Å². The first-order valence-electron chi connectivity index (χ1n) is 18.4. The summed E-state index contributed by atoms with van der Waals surface area (Å²) in [4.78, 5) is 79.5. The van der Waals surface area contributed by atoms with Crippen molar-refractivity contribution in [1.82, 2.24) is 26.2 Å². The Morgan fingerprint density at radius 2 is 1.27 bits per heavy atom. The molecule has 15 nitrogen and oxygen atoms in total. The van der Waals surface area contributed by atoms with Crippen molar-refractivity contribution in [2.24, 2.45) is 0 Å². The molecule has 2 aromatic rings. The average molecular weight is 770 g/mol. The van der Waals surface area contributed by atoms with Crippen LogP contribution in [0.3, 0.4) is 0 Å². The number of hydrogen-bond donors (Lipinski definition) is 5. The van der Waals surface area contributed by atoms with Gasteiger partial charge in [-0.3, -0.25) is 19.2 Å². The monoisotopic (exact) mass is 769 g/mol. The first kappa shape index (κ1) is 46.0. The molecule has 0 aliphatic heterocycles. The largest absolute Gasteiger partial charge is 0.460 e. The van der Waals surface area contributed by atoms with Crippen LogP contribution in [0.15, 0.2) is 60.7 Å². The summed E-state index contributed by atoms with van der Waals surface area (Å²) in [5, 5.41) is 21.9. The van der Waals surface area contributed by atoms with Crippen molar-refractivity contribution in [2.45, 2.75) is 122 Å². The maximum absolute atomic E-state index is 13.8. The molecule has 304 valence electrons. The summed E-state index contributed by atoms with van der Waals surface area (Å²) in [6.45, 7) is 10.4. The van der Waals surface area contributed by atoms with Gasteiger partial charge in [-0.25, -0.2) is 9.59 Å². The molecule has 0 aliphatic rings. The summed E-state index contributed by atoms with van der Waals surface area (Å²) < 4.78 is 16.0. The average Bonchev–Trinajstić information content (AvgIpc) is 3.10. The van der Waals surface area contributed by atoms with Crippen LogP contribution < -0.4 is 21.3 Å². The number of carbonyl (C=O) groups is 6. The molecule has 0 aliphatic carbocycles. The van der Waals surface area contributed by atoms with Gasteiger partial charge in [-0.05, 0) is 78.4 Å². The maximum atomic E-state index is 13.8. The van der Waals surface area contributed by atoms with Gasteiger partial charge in [0.25, 0.3) is 5.91 Å². The highest BCUT2D eigenvalue weighted by Crippen LogP contribution is 2.14. The molecule has 0 aromatic heterocycles. The van der Waals surface area contributed by atoms with Gasteiger partial charge in [0.15, 0.2) is 6.10 Å². The van der Waals surface area contributed by atoms with E-state index in [1.807, 2.05) is 24.3 Å². The van der Waals surface area contributed by atoms with E-state index in [4.69, 9.17) is 14.2 Å². The van der Waals surface area contributed by atoms with Crippen LogP contribution in [0.4, 0.5) is 9.59 Å². The fourth-order valence-corrected chi connectivity index (χ4v) is 5.22. The first-order chi connectivity index (χ1) is 25.7. The molecular formula is C40H59N5O10. The summed E-state index contributed by atoms with van der Waals surface area (Å²) in [6, 6.07) is 14.4. The SMILES string of the molecule is CN(C)C(=O)[C@H](Cc1ccccc1)NC(=O)C(O)[C@H](CCCCNC(=O)OC(C)(C)C)NC(=O)[C@H](CCC(=O)OC(C)(C)C)NC(=O)OCc1ccccc1. The lowest BCUT2D eigenvalue weighted by atomic mass is 10.00. The Morgan fingerprint density at radius 1 is 0.691 bits per heavy atom. The van der Waals surface area contributed by atoms with E-state index in [0.29, 0.717) is 18.4 Å². The van der Waals surface area contributed by atoms with Gasteiger partial charge in [-0.15, -0.1) is 0 Å². The standard InChI is InChI=1S/C40H59N5O10/c1-39(2,3)54-32(46)23-22-30(44-38(52)53-26-28-19-13-10-14-20-28)34(48)42-29(21-15-16-24-41-37(51)55-40(4,5)6)33(47)35(49)43-31(36(50)45(7)8)25-27-17-11-9-12-18-27/h9-14,17-20,29-31,33,47H,15-16,21-26H2,1-8H3,(H,41,51)(H,42,48)(H,43,49)(H,44,52)/t29-,30-,31-,33?/m0/s1. The number of rotatable bonds is 19. The zero-order valence-corrected chi connectivity index (χ0v) is 33.3. The molecule has 0 saturated heterocycles. The zero-order chi connectivity index (χ0) is 41.2. The van der Waals surface area contributed by atoms with E-state index < -0.39 is 71.3 Å². The number of benzene rings is 2. The van der Waals surface area contributed by atoms with Crippen LogP contribution in [0.25, 0.3) is 0 Å². The highest BCUT2D eigenvalue weighted by atomic mass is 16.6. The van der Waals surface area contributed by atoms with E-state index >= 15 is 0 Å². The predicted molar refractivity (Wildman–Crippen MR) is 205 cm³/mol. The van der Waals surface area contributed by atoms with Crippen molar-refractivity contribution < 1.29 is 48.1 Å². The Balaban J connectivity index is 2.28. The number of aliphatic hydroxyl groups is 1. The number of nitrogens with zero attached hydrogens (tertiary/aromatic N) is 1. The van der Waals surface area contributed by atoms with Gasteiger partial charge in [-0.1, -0.05) is 60.7 Å². The first-order valence-corrected chi connectivity index (χ1v) is 18.4. The molecule has 2 aromatic carbocycles. The van der Waals surface area contributed by atoms with Crippen molar-refractivity contribution in [1.29, 1.82) is 0 Å². The molecule has 0 bridgehead atoms. The van der Waals surface area contributed by atoms with Crippen LogP contribution in [0, 0.1) is 0 Å². The minimum atomic E-state index is -1.84. The highest BCUT2D eigenvalue weighted by molar-refractivity contribution is 5.91. The lowest BCUT2D eigenvalue weighted by Crippen LogP contribution is -2.58. The minimum absolute atomic E-state index is 0.0541. The second-order valence-electron chi connectivity index (χ2n) is 15.4. The van der Waals surface area contributed by atoms with Crippen LogP contribution in [-0.2, 0) is 46.4 Å². The quantitative estimate of drug-likeness (QED) is 0.0796. The number of unbranched alkanes of at least 4 members (excludes halogenated alkanes) is 1. The number of hydrogen-bond acceptors (Lipinski definition) is 10. The summed E-state index contributed by atoms with van der Waals surface area (Å²) in [5.74, 6) is -2.71. The van der Waals surface area contributed by atoms with E-state index in [0.717, 1.165) is 5.56 Å². The molecule has 0 radical (unpaired) electrons. The molecule has 0 saturated carbocycles. The van der Waals surface area contributed by atoms with Crippen molar-refractivity contribution in [3.8, 4) is 0 Å². The van der Waals surface area contributed by atoms with E-state index in [2.05, 4.69) is 21.3 Å². The lowest BCUT2D eigenvalue weighted by molar-refractivity contribution is -0.155. The Morgan fingerprint density at radius 3 is 1.84 bits per heavy atom. The smallest absolute Gasteiger partial charge is 0.408 e. The van der Waals surface area contributed by atoms with Crippen molar-refractivity contribution in [3.05, 3.63) is 71.8 Å². The summed E-state index contributed by atoms with van der Waals surface area (Å²) >= 11 is 0. The van der Waals surface area contributed by atoms with Crippen molar-refractivity contribution in [3.63, 3.8) is 0 Å². The molecule has 5 N–H and O–H groups in total. The van der Waals surface area contributed by atoms with Crippen LogP contribution >= 0.6 is 0 Å². The third-order valence-electron chi connectivity index (χ3n) is 7.80. The number of nitrogens with one attached hydrogen (secondary N) is 4. The van der Waals surface area contributed by atoms with Gasteiger partial charge in [0.2, 0.25) is 11.8 Å². The van der Waals surface area contributed by atoms with Crippen LogP contribution in [0.5, 0.6) is 0 Å². The maximum Gasteiger partial charge on any atom is 0.408 e. The molecule has 15 heteroatoms. The number of esters is 1. The summed E-state index contributed by atoms with van der Waals surface area (Å²) in [5.41, 5.74) is 0.00839. The molecule has 55 heavy (non-hydrogen) atoms. The molecule has 0 spiro atoms. The minimum Gasteiger partial charge on any atom is -0.460 e. The number of ether oxygens (including phenoxy) is 3. The van der Waals surface area contributed by atoms with Crippen LogP contribution in [-0.4, -0.2) is 102 Å². The fraction of sp³-hybridized carbons (Fsp3) is 0.550. The third kappa shape index (κ3) is 19.1. The van der Waals surface area contributed by atoms with Gasteiger partial charge in [0, 0.05) is 33.5 Å². The Hall–Kier alpha value is -5.18. The molecule has 2 rings (SSSR count). The molecule has 0 heterocycles. The van der Waals surface area contributed by atoms with Crippen molar-refractivity contribution in [2.75, 3.05) is 20.6 Å². The van der Waals surface area contributed by atoms with Gasteiger partial charge >= 0.3 is 18.2 Å². The summed E-state index contributed by atoms with van der Waals surface area (Å²) in [7, 11) is 3.10. The van der Waals surface area contributed by atoms with E-state index in [-0.39, 0.29) is 38.8 Å². The number of amides is 5. The van der Waals surface area contributed by atoms with Gasteiger partial charge in [0.05, 0.1) is 6.04 Å². The Bertz CT molecular complexity index is 1540. The second-order valence-corrected chi connectivity index (χ2v) is 15.4. The van der Waals surface area contributed by atoms with E-state index in [1.165, 1.54) is 4.90 Å². The lowest BCUT2D eigenvalue weighted by Gasteiger charge is -2.28. The normalized spacial score (nSPS) is 13.5. The number of likely N-dealkylation sites (N-methyl/N-ethyl adjacent to an activating group) is 1. The highest BCUT2D eigenvalue weighted by Gasteiger charge is 2.34. The number of alkyl carbamates (subject to hydrolysis) is 2. The fourth-order valence-electron chi connectivity index (χ4n) is 5.22. The predicted octanol–water partition coefficient (Wildman–Crippen LogP) is 3.76. The Kier molecular flexibility index (Phi) is 18.6. The van der Waals surface area contributed by atoms with Crippen molar-refractivity contribution >= 4 is 35.9 Å². The number of carbonyl (C=O) groups excluding carboxylic acids is 6. The number of aliphatic hydroxyl groups excluding tert-OH is 1. The van der Waals surface area contributed by atoms with E-state index in [9.17, 15) is 33.9 Å². The van der Waals surface area contributed by atoms with Gasteiger partial charge in [-0.2, -0.15) is 0 Å². The topological polar surface area (TPSA) is 202 Å². The zero-order valence-electron chi connectivity index (χ0n) is 33.3. The molecule has 1 unspecified atom stereocenters. The molecule has 5 amide bonds. The second kappa shape index (κ2) is 22.3.